The molecule has 0 saturated heterocycles. The zero-order valence-electron chi connectivity index (χ0n) is 13.4. The minimum Gasteiger partial charge on any atom is -0.347 e. The van der Waals surface area contributed by atoms with Crippen molar-refractivity contribution >= 4 is 17.5 Å². The van der Waals surface area contributed by atoms with Crippen molar-refractivity contribution in [2.75, 3.05) is 37.5 Å². The highest BCUT2D eigenvalue weighted by Crippen LogP contribution is 2.17. The Bertz CT molecular complexity index is 463. The van der Waals surface area contributed by atoms with Gasteiger partial charge >= 0.3 is 0 Å². The van der Waals surface area contributed by atoms with Crippen molar-refractivity contribution in [2.24, 2.45) is 5.84 Å². The first-order chi connectivity index (χ1) is 10.0. The number of nitrogens with zero attached hydrogens (tertiary/aromatic N) is 4. The zero-order valence-corrected chi connectivity index (χ0v) is 13.4. The molecule has 1 aromatic rings. The van der Waals surface area contributed by atoms with E-state index in [1.807, 2.05) is 4.90 Å². The van der Waals surface area contributed by atoms with E-state index < -0.39 is 0 Å². The van der Waals surface area contributed by atoms with Crippen LogP contribution in [-0.2, 0) is 11.2 Å². The van der Waals surface area contributed by atoms with Gasteiger partial charge < -0.3 is 15.2 Å². The third-order valence-electron chi connectivity index (χ3n) is 3.02. The Morgan fingerprint density at radius 3 is 2.52 bits per heavy atom. The lowest BCUT2D eigenvalue weighted by atomic mass is 10.3. The number of hydrogen-bond donors (Lipinski definition) is 2. The van der Waals surface area contributed by atoms with Gasteiger partial charge in [-0.25, -0.2) is 15.8 Å². The maximum atomic E-state index is 12.0. The van der Waals surface area contributed by atoms with Crippen molar-refractivity contribution in [3.63, 3.8) is 0 Å². The predicted octanol–water partition coefficient (Wildman–Crippen LogP) is 1.02. The molecule has 3 N–H and O–H groups in total. The normalized spacial score (nSPS) is 10.3. The highest BCUT2D eigenvalue weighted by molar-refractivity contribution is 5.80. The minimum absolute atomic E-state index is 0.0429. The molecule has 0 aromatic carbocycles. The van der Waals surface area contributed by atoms with E-state index in [-0.39, 0.29) is 5.91 Å². The van der Waals surface area contributed by atoms with Crippen LogP contribution >= 0.6 is 0 Å². The van der Waals surface area contributed by atoms with Gasteiger partial charge in [0.2, 0.25) is 5.91 Å². The Labute approximate surface area is 126 Å². The maximum absolute atomic E-state index is 12.0. The van der Waals surface area contributed by atoms with Crippen LogP contribution in [0.3, 0.4) is 0 Å². The Hall–Kier alpha value is -1.89. The van der Waals surface area contributed by atoms with E-state index in [0.29, 0.717) is 12.4 Å². The van der Waals surface area contributed by atoms with Gasteiger partial charge in [0.1, 0.15) is 17.5 Å². The Morgan fingerprint density at radius 2 is 2.00 bits per heavy atom. The fourth-order valence-corrected chi connectivity index (χ4v) is 1.90. The highest BCUT2D eigenvalue weighted by Gasteiger charge is 2.15. The second-order valence-electron chi connectivity index (χ2n) is 5.13. The number of carbonyl (C=O) groups is 1. The zero-order chi connectivity index (χ0) is 15.8. The number of hydrogen-bond acceptors (Lipinski definition) is 6. The van der Waals surface area contributed by atoms with Crippen LogP contribution in [0.1, 0.15) is 32.5 Å². The van der Waals surface area contributed by atoms with Gasteiger partial charge in [-0.3, -0.25) is 4.79 Å². The molecule has 0 unspecified atom stereocenters. The van der Waals surface area contributed by atoms with E-state index in [1.165, 1.54) is 0 Å². The molecular weight excluding hydrogens is 268 g/mol. The number of aromatic nitrogens is 2. The van der Waals surface area contributed by atoms with Crippen molar-refractivity contribution in [2.45, 2.75) is 33.1 Å². The summed E-state index contributed by atoms with van der Waals surface area (Å²) in [6.45, 7) is 5.20. The van der Waals surface area contributed by atoms with Gasteiger partial charge in [0.15, 0.2) is 0 Å². The Balaban J connectivity index is 3.05. The number of nitrogen functional groups attached to an aromatic ring is 1. The molecule has 0 spiro atoms. The second kappa shape index (κ2) is 8.41. The summed E-state index contributed by atoms with van der Waals surface area (Å²) in [5, 5.41) is 0. The van der Waals surface area contributed by atoms with Gasteiger partial charge in [-0.15, -0.1) is 0 Å². The number of carbonyl (C=O) groups excluding carboxylic acids is 1. The third-order valence-corrected chi connectivity index (χ3v) is 3.02. The smallest absolute Gasteiger partial charge is 0.241 e. The number of hydrazine groups is 1. The van der Waals surface area contributed by atoms with Crippen molar-refractivity contribution in [3.05, 3.63) is 11.9 Å². The van der Waals surface area contributed by atoms with Crippen molar-refractivity contribution in [3.8, 4) is 0 Å². The van der Waals surface area contributed by atoms with E-state index in [1.54, 1.807) is 25.1 Å². The number of rotatable bonds is 8. The molecule has 0 atom stereocenters. The Morgan fingerprint density at radius 1 is 1.29 bits per heavy atom. The minimum atomic E-state index is 0.0429. The highest BCUT2D eigenvalue weighted by atomic mass is 16.2. The second-order valence-corrected chi connectivity index (χ2v) is 5.13. The van der Waals surface area contributed by atoms with Gasteiger partial charge in [-0.1, -0.05) is 13.8 Å². The van der Waals surface area contributed by atoms with Crippen LogP contribution in [0.4, 0.5) is 11.6 Å². The molecule has 0 radical (unpaired) electrons. The van der Waals surface area contributed by atoms with Gasteiger partial charge in [-0.05, 0) is 12.8 Å². The molecule has 7 heteroatoms. The molecule has 7 nitrogen and oxygen atoms in total. The molecule has 0 fully saturated rings. The van der Waals surface area contributed by atoms with Gasteiger partial charge in [0.25, 0.3) is 0 Å². The van der Waals surface area contributed by atoms with E-state index in [9.17, 15) is 4.79 Å². The number of anilines is 2. The fraction of sp³-hybridized carbons (Fsp3) is 0.643. The maximum Gasteiger partial charge on any atom is 0.241 e. The lowest BCUT2D eigenvalue weighted by Crippen LogP contribution is -2.37. The van der Waals surface area contributed by atoms with Gasteiger partial charge in [-0.2, -0.15) is 0 Å². The average Bonchev–Trinajstić information content (AvgIpc) is 2.46. The topological polar surface area (TPSA) is 87.4 Å². The number of likely N-dealkylation sites (N-methyl/N-ethyl adjacent to an activating group) is 1. The first-order valence-electron chi connectivity index (χ1n) is 7.31. The quantitative estimate of drug-likeness (QED) is 0.550. The average molecular weight is 294 g/mol. The summed E-state index contributed by atoms with van der Waals surface area (Å²) in [6.07, 6.45) is 2.67. The Kier molecular flexibility index (Phi) is 6.87. The summed E-state index contributed by atoms with van der Waals surface area (Å²) in [5.41, 5.74) is 2.57. The molecule has 0 bridgehead atoms. The van der Waals surface area contributed by atoms with Crippen LogP contribution in [-0.4, -0.2) is 48.0 Å². The summed E-state index contributed by atoms with van der Waals surface area (Å²) in [5.74, 6) is 7.56. The first-order valence-corrected chi connectivity index (χ1v) is 7.31. The molecule has 1 amide bonds. The van der Waals surface area contributed by atoms with E-state index in [4.69, 9.17) is 5.84 Å². The van der Waals surface area contributed by atoms with Crippen molar-refractivity contribution < 1.29 is 4.79 Å². The molecular formula is C14H26N6O. The molecule has 0 aliphatic rings. The van der Waals surface area contributed by atoms with E-state index >= 15 is 0 Å². The summed E-state index contributed by atoms with van der Waals surface area (Å²) in [7, 11) is 3.50. The number of aryl methyl sites for hydroxylation is 1. The monoisotopic (exact) mass is 294 g/mol. The lowest BCUT2D eigenvalue weighted by molar-refractivity contribution is -0.127. The van der Waals surface area contributed by atoms with Crippen molar-refractivity contribution in [1.82, 2.24) is 14.9 Å². The number of nitrogens with two attached hydrogens (primary N) is 1. The number of amides is 1. The van der Waals surface area contributed by atoms with Crippen LogP contribution in [0, 0.1) is 0 Å². The fourth-order valence-electron chi connectivity index (χ4n) is 1.90. The summed E-state index contributed by atoms with van der Waals surface area (Å²) >= 11 is 0. The molecule has 0 saturated carbocycles. The first kappa shape index (κ1) is 17.2. The van der Waals surface area contributed by atoms with Crippen LogP contribution in [0.5, 0.6) is 0 Å². The summed E-state index contributed by atoms with van der Waals surface area (Å²) in [6, 6.07) is 1.78. The van der Waals surface area contributed by atoms with Crippen LogP contribution in [0.15, 0.2) is 6.07 Å². The molecule has 118 valence electrons. The standard InChI is InChI=1S/C14H26N6O/c1-5-7-11-16-12(18-15)9-13(17-11)20(8-6-2)10-14(21)19(3)4/h9H,5-8,10,15H2,1-4H3,(H,16,17,18). The van der Waals surface area contributed by atoms with Gasteiger partial charge in [0.05, 0.1) is 6.54 Å². The largest absolute Gasteiger partial charge is 0.347 e. The summed E-state index contributed by atoms with van der Waals surface area (Å²) < 4.78 is 0. The lowest BCUT2D eigenvalue weighted by Gasteiger charge is -2.25. The third kappa shape index (κ3) is 5.18. The number of nitrogens with one attached hydrogen (secondary N) is 1. The van der Waals surface area contributed by atoms with Crippen LogP contribution in [0.25, 0.3) is 0 Å². The van der Waals surface area contributed by atoms with E-state index in [0.717, 1.165) is 37.4 Å². The van der Waals surface area contributed by atoms with Crippen LogP contribution in [0.2, 0.25) is 0 Å². The van der Waals surface area contributed by atoms with Crippen molar-refractivity contribution in [1.29, 1.82) is 0 Å². The van der Waals surface area contributed by atoms with Crippen LogP contribution < -0.4 is 16.2 Å². The molecule has 1 heterocycles. The van der Waals surface area contributed by atoms with E-state index in [2.05, 4.69) is 29.2 Å². The SMILES string of the molecule is CCCc1nc(NN)cc(N(CCC)CC(=O)N(C)C)n1. The van der Waals surface area contributed by atoms with Gasteiger partial charge in [0, 0.05) is 33.1 Å². The summed E-state index contributed by atoms with van der Waals surface area (Å²) in [4.78, 5) is 24.4. The molecule has 1 rings (SSSR count). The molecule has 21 heavy (non-hydrogen) atoms. The molecule has 1 aromatic heterocycles. The molecule has 0 aliphatic heterocycles. The molecule has 0 aliphatic carbocycles. The predicted molar refractivity (Wildman–Crippen MR) is 85.0 cm³/mol.